The maximum atomic E-state index is 5.81. The summed E-state index contributed by atoms with van der Waals surface area (Å²) >= 11 is 1.53. The first kappa shape index (κ1) is 21.1. The van der Waals surface area contributed by atoms with Crippen molar-refractivity contribution >= 4 is 17.4 Å². The van der Waals surface area contributed by atoms with Crippen LogP contribution in [0.3, 0.4) is 0 Å². The van der Waals surface area contributed by atoms with Crippen LogP contribution in [-0.4, -0.2) is 38.1 Å². The normalized spacial score (nSPS) is 11.1. The van der Waals surface area contributed by atoms with Gasteiger partial charge in [-0.3, -0.25) is 0 Å². The van der Waals surface area contributed by atoms with Crippen molar-refractivity contribution in [1.29, 1.82) is 0 Å². The molecule has 0 radical (unpaired) electrons. The molecule has 0 aliphatic rings. The fourth-order valence-electron chi connectivity index (χ4n) is 3.35. The van der Waals surface area contributed by atoms with Crippen LogP contribution in [0.1, 0.15) is 25.3 Å². The van der Waals surface area contributed by atoms with Crippen LogP contribution < -0.4 is 4.90 Å². The number of aromatic nitrogens is 5. The average Bonchev–Trinajstić information content (AvgIpc) is 3.41. The number of thioether (sulfide) groups is 1. The number of hydrogen-bond donors (Lipinski definition) is 0. The lowest BCUT2D eigenvalue weighted by molar-refractivity contribution is 0.528. The van der Waals surface area contributed by atoms with Gasteiger partial charge < -0.3 is 13.9 Å². The second-order valence-corrected chi connectivity index (χ2v) is 8.18. The first-order valence-corrected chi connectivity index (χ1v) is 11.3. The van der Waals surface area contributed by atoms with E-state index >= 15 is 0 Å². The molecule has 0 aliphatic heterocycles. The van der Waals surface area contributed by atoms with Gasteiger partial charge in [0.15, 0.2) is 11.0 Å². The van der Waals surface area contributed by atoms with Crippen LogP contribution in [0.5, 0.6) is 0 Å². The van der Waals surface area contributed by atoms with Crippen molar-refractivity contribution in [2.75, 3.05) is 18.0 Å². The van der Waals surface area contributed by atoms with E-state index in [0.29, 0.717) is 17.5 Å². The first-order chi connectivity index (χ1) is 15.1. The van der Waals surface area contributed by atoms with Gasteiger partial charge in [-0.25, -0.2) is 0 Å². The first-order valence-electron chi connectivity index (χ1n) is 10.4. The summed E-state index contributed by atoms with van der Waals surface area (Å²) in [5.41, 5.74) is 4.37. The van der Waals surface area contributed by atoms with Gasteiger partial charge in [0, 0.05) is 37.0 Å². The zero-order valence-corrected chi connectivity index (χ0v) is 19.1. The lowest BCUT2D eigenvalue weighted by atomic mass is 10.1. The van der Waals surface area contributed by atoms with Crippen LogP contribution in [0.2, 0.25) is 0 Å². The summed E-state index contributed by atoms with van der Waals surface area (Å²) in [6.07, 6.45) is 0. The Morgan fingerprint density at radius 3 is 2.23 bits per heavy atom. The summed E-state index contributed by atoms with van der Waals surface area (Å²) in [4.78, 5) is 2.32. The Morgan fingerprint density at radius 2 is 1.55 bits per heavy atom. The van der Waals surface area contributed by atoms with E-state index in [0.717, 1.165) is 35.2 Å². The second-order valence-electron chi connectivity index (χ2n) is 7.24. The Balaban J connectivity index is 1.44. The Kier molecular flexibility index (Phi) is 6.36. The summed E-state index contributed by atoms with van der Waals surface area (Å²) in [6, 6.07) is 16.5. The van der Waals surface area contributed by atoms with E-state index in [1.807, 2.05) is 42.8 Å². The van der Waals surface area contributed by atoms with Crippen molar-refractivity contribution < 1.29 is 4.42 Å². The maximum Gasteiger partial charge on any atom is 0.247 e. The van der Waals surface area contributed by atoms with Crippen LogP contribution in [0.25, 0.3) is 22.8 Å². The highest BCUT2D eigenvalue weighted by Gasteiger charge is 2.14. The van der Waals surface area contributed by atoms with Crippen LogP contribution in [-0.2, 0) is 12.8 Å². The van der Waals surface area contributed by atoms with Crippen molar-refractivity contribution in [3.63, 3.8) is 0 Å². The monoisotopic (exact) mass is 434 g/mol. The van der Waals surface area contributed by atoms with Crippen LogP contribution in [0.15, 0.2) is 58.1 Å². The highest BCUT2D eigenvalue weighted by atomic mass is 32.2. The predicted octanol–water partition coefficient (Wildman–Crippen LogP) is 4.98. The molecule has 0 N–H and O–H groups in total. The Morgan fingerprint density at radius 1 is 0.871 bits per heavy atom. The van der Waals surface area contributed by atoms with Crippen LogP contribution in [0.4, 0.5) is 5.69 Å². The number of benzene rings is 2. The molecule has 0 saturated heterocycles. The van der Waals surface area contributed by atoms with E-state index in [4.69, 9.17) is 4.42 Å². The largest absolute Gasteiger partial charge is 0.420 e. The predicted molar refractivity (Wildman–Crippen MR) is 124 cm³/mol. The molecule has 0 amide bonds. The molecule has 2 aromatic heterocycles. The van der Waals surface area contributed by atoms with Gasteiger partial charge in [0.25, 0.3) is 0 Å². The fourth-order valence-corrected chi connectivity index (χ4v) is 4.10. The summed E-state index contributed by atoms with van der Waals surface area (Å²) < 4.78 is 7.81. The van der Waals surface area contributed by atoms with Crippen molar-refractivity contribution in [2.45, 2.75) is 31.7 Å². The number of nitrogens with zero attached hydrogens (tertiary/aromatic N) is 6. The van der Waals surface area contributed by atoms with Gasteiger partial charge >= 0.3 is 0 Å². The van der Waals surface area contributed by atoms with Gasteiger partial charge in [0.05, 0.1) is 5.75 Å². The summed E-state index contributed by atoms with van der Waals surface area (Å²) in [6.45, 7) is 8.35. The maximum absolute atomic E-state index is 5.81. The SMILES string of the molecule is CCN(CC)c1ccc(-c2nnc(SCc3nnc(-c4ccc(C)cc4)o3)n2C)cc1. The Bertz CT molecular complexity index is 1130. The van der Waals surface area contributed by atoms with Gasteiger partial charge in [0.2, 0.25) is 11.8 Å². The number of aryl methyl sites for hydroxylation is 1. The second kappa shape index (κ2) is 9.34. The number of hydrogen-bond acceptors (Lipinski definition) is 7. The molecule has 0 saturated carbocycles. The molecule has 0 unspecified atom stereocenters. The standard InChI is InChI=1S/C23H26N6OS/c1-5-29(6-2)19-13-11-17(12-14-19)21-25-27-23(28(21)4)31-15-20-24-26-22(30-20)18-9-7-16(3)8-10-18/h7-14H,5-6,15H2,1-4H3. The topological polar surface area (TPSA) is 72.9 Å². The van der Waals surface area contributed by atoms with E-state index in [2.05, 4.69) is 63.4 Å². The van der Waals surface area contributed by atoms with Gasteiger partial charge in [-0.15, -0.1) is 20.4 Å². The molecular formula is C23H26N6OS. The van der Waals surface area contributed by atoms with Gasteiger partial charge in [0.1, 0.15) is 0 Å². The average molecular weight is 435 g/mol. The van der Waals surface area contributed by atoms with Crippen molar-refractivity contribution in [3.05, 3.63) is 60.0 Å². The molecular weight excluding hydrogens is 408 g/mol. The summed E-state index contributed by atoms with van der Waals surface area (Å²) in [7, 11) is 1.97. The highest BCUT2D eigenvalue weighted by Crippen LogP contribution is 2.27. The molecule has 160 valence electrons. The molecule has 4 aromatic rings. The molecule has 2 aromatic carbocycles. The van der Waals surface area contributed by atoms with Crippen molar-refractivity contribution in [3.8, 4) is 22.8 Å². The molecule has 7 nitrogen and oxygen atoms in total. The van der Waals surface area contributed by atoms with E-state index in [1.54, 1.807) is 0 Å². The highest BCUT2D eigenvalue weighted by molar-refractivity contribution is 7.98. The van der Waals surface area contributed by atoms with E-state index in [9.17, 15) is 0 Å². The number of rotatable bonds is 8. The number of anilines is 1. The zero-order chi connectivity index (χ0) is 21.8. The molecule has 4 rings (SSSR count). The Hall–Kier alpha value is -3.13. The smallest absolute Gasteiger partial charge is 0.247 e. The fraction of sp³-hybridized carbons (Fsp3) is 0.304. The third kappa shape index (κ3) is 4.64. The van der Waals surface area contributed by atoms with E-state index in [-0.39, 0.29) is 0 Å². The van der Waals surface area contributed by atoms with Crippen LogP contribution in [0, 0.1) is 6.92 Å². The third-order valence-electron chi connectivity index (χ3n) is 5.18. The molecule has 0 aliphatic carbocycles. The van der Waals surface area contributed by atoms with Gasteiger partial charge in [-0.1, -0.05) is 29.5 Å². The minimum absolute atomic E-state index is 0.530. The molecule has 0 spiro atoms. The zero-order valence-electron chi connectivity index (χ0n) is 18.2. The summed E-state index contributed by atoms with van der Waals surface area (Å²) in [5.74, 6) is 2.46. The minimum Gasteiger partial charge on any atom is -0.420 e. The van der Waals surface area contributed by atoms with Crippen LogP contribution >= 0.6 is 11.8 Å². The Labute approximate surface area is 186 Å². The summed E-state index contributed by atoms with van der Waals surface area (Å²) in [5, 5.41) is 17.9. The molecule has 31 heavy (non-hydrogen) atoms. The van der Waals surface area contributed by atoms with E-state index in [1.165, 1.54) is 23.0 Å². The van der Waals surface area contributed by atoms with Crippen molar-refractivity contribution in [1.82, 2.24) is 25.0 Å². The lowest BCUT2D eigenvalue weighted by Crippen LogP contribution is -2.21. The molecule has 0 atom stereocenters. The van der Waals surface area contributed by atoms with Gasteiger partial charge in [-0.05, 0) is 57.2 Å². The molecule has 0 bridgehead atoms. The van der Waals surface area contributed by atoms with Gasteiger partial charge in [-0.2, -0.15) is 0 Å². The minimum atomic E-state index is 0.530. The quantitative estimate of drug-likeness (QED) is 0.362. The molecule has 2 heterocycles. The van der Waals surface area contributed by atoms with E-state index < -0.39 is 0 Å². The van der Waals surface area contributed by atoms with Crippen molar-refractivity contribution in [2.24, 2.45) is 7.05 Å². The molecule has 8 heteroatoms. The lowest BCUT2D eigenvalue weighted by Gasteiger charge is -2.21. The molecule has 0 fully saturated rings. The third-order valence-corrected chi connectivity index (χ3v) is 6.18.